The molecule has 1 aromatic rings. The van der Waals surface area contributed by atoms with Crippen molar-refractivity contribution in [2.75, 3.05) is 13.1 Å². The van der Waals surface area contributed by atoms with Gasteiger partial charge in [-0.15, -0.1) is 0 Å². The highest BCUT2D eigenvalue weighted by molar-refractivity contribution is 5.23. The minimum absolute atomic E-state index is 0.0644. The number of hydrogen-bond acceptors (Lipinski definition) is 1. The van der Waals surface area contributed by atoms with Crippen molar-refractivity contribution in [3.05, 3.63) is 35.1 Å². The molecule has 0 aliphatic carbocycles. The highest BCUT2D eigenvalue weighted by Gasteiger charge is 2.01. The van der Waals surface area contributed by atoms with E-state index < -0.39 is 0 Å². The van der Waals surface area contributed by atoms with E-state index in [1.165, 1.54) is 0 Å². The van der Waals surface area contributed by atoms with Crippen LogP contribution in [0.2, 0.25) is 0 Å². The van der Waals surface area contributed by atoms with Crippen molar-refractivity contribution in [1.29, 1.82) is 0 Å². The molecule has 0 aromatic heterocycles. The van der Waals surface area contributed by atoms with E-state index in [0.717, 1.165) is 43.5 Å². The minimum atomic E-state index is -0.0644. The van der Waals surface area contributed by atoms with Gasteiger partial charge in [0.1, 0.15) is 5.82 Å². The van der Waals surface area contributed by atoms with Crippen molar-refractivity contribution in [2.24, 2.45) is 0 Å². The number of benzene rings is 1. The summed E-state index contributed by atoms with van der Waals surface area (Å²) < 4.78 is 13.4. The van der Waals surface area contributed by atoms with E-state index in [9.17, 15) is 4.39 Å². The molecule has 0 heterocycles. The largest absolute Gasteiger partial charge is 0.317 e. The van der Waals surface area contributed by atoms with Gasteiger partial charge in [-0.3, -0.25) is 0 Å². The van der Waals surface area contributed by atoms with Gasteiger partial charge in [0.25, 0.3) is 0 Å². The minimum Gasteiger partial charge on any atom is -0.317 e. The van der Waals surface area contributed by atoms with Crippen molar-refractivity contribution < 1.29 is 4.39 Å². The van der Waals surface area contributed by atoms with Crippen LogP contribution in [0.4, 0.5) is 4.39 Å². The molecule has 0 radical (unpaired) electrons. The van der Waals surface area contributed by atoms with Crippen LogP contribution < -0.4 is 5.32 Å². The highest BCUT2D eigenvalue weighted by Crippen LogP contribution is 2.11. The summed E-state index contributed by atoms with van der Waals surface area (Å²) in [6.45, 7) is 6.08. The Morgan fingerprint density at radius 2 is 2.07 bits per heavy atom. The van der Waals surface area contributed by atoms with Gasteiger partial charge in [-0.2, -0.15) is 0 Å². The monoisotopic (exact) mass is 209 g/mol. The molecule has 0 bridgehead atoms. The smallest absolute Gasteiger partial charge is 0.126 e. The summed E-state index contributed by atoms with van der Waals surface area (Å²) >= 11 is 0. The molecule has 1 rings (SSSR count). The third kappa shape index (κ3) is 4.43. The van der Waals surface area contributed by atoms with Crippen LogP contribution in [0.1, 0.15) is 30.9 Å². The van der Waals surface area contributed by atoms with E-state index in [-0.39, 0.29) is 5.82 Å². The maximum atomic E-state index is 13.4. The quantitative estimate of drug-likeness (QED) is 0.710. The molecule has 1 N–H and O–H groups in total. The van der Waals surface area contributed by atoms with Crippen LogP contribution in [-0.2, 0) is 6.42 Å². The molecule has 0 aliphatic heterocycles. The number of aryl methyl sites for hydroxylation is 2. The van der Waals surface area contributed by atoms with Gasteiger partial charge in [-0.1, -0.05) is 19.1 Å². The van der Waals surface area contributed by atoms with Crippen LogP contribution >= 0.6 is 0 Å². The Kier molecular flexibility index (Phi) is 5.33. The lowest BCUT2D eigenvalue weighted by Crippen LogP contribution is -2.16. The van der Waals surface area contributed by atoms with Crippen LogP contribution in [0.15, 0.2) is 18.2 Å². The van der Waals surface area contributed by atoms with Crippen molar-refractivity contribution in [3.8, 4) is 0 Å². The second-order valence-electron chi connectivity index (χ2n) is 3.95. The topological polar surface area (TPSA) is 12.0 Å². The lowest BCUT2D eigenvalue weighted by molar-refractivity contribution is 0.591. The van der Waals surface area contributed by atoms with Gasteiger partial charge in [0.2, 0.25) is 0 Å². The molecular formula is C13H20FN. The molecular weight excluding hydrogens is 189 g/mol. The summed E-state index contributed by atoms with van der Waals surface area (Å²) in [5.74, 6) is -0.0644. The Balaban J connectivity index is 2.31. The van der Waals surface area contributed by atoms with Gasteiger partial charge in [0.05, 0.1) is 0 Å². The van der Waals surface area contributed by atoms with E-state index in [4.69, 9.17) is 0 Å². The molecule has 0 atom stereocenters. The third-order valence-corrected chi connectivity index (χ3v) is 2.44. The zero-order valence-corrected chi connectivity index (χ0v) is 9.65. The average molecular weight is 209 g/mol. The highest BCUT2D eigenvalue weighted by atomic mass is 19.1. The molecule has 1 aromatic carbocycles. The molecule has 1 nitrogen and oxygen atoms in total. The SMILES string of the molecule is CCCNCCCc1ccc(C)cc1F. The molecule has 0 saturated carbocycles. The van der Waals surface area contributed by atoms with Crippen LogP contribution in [0.3, 0.4) is 0 Å². The maximum absolute atomic E-state index is 13.4. The van der Waals surface area contributed by atoms with Crippen LogP contribution in [0.25, 0.3) is 0 Å². The van der Waals surface area contributed by atoms with E-state index in [0.29, 0.717) is 0 Å². The zero-order chi connectivity index (χ0) is 11.1. The van der Waals surface area contributed by atoms with Gasteiger partial charge in [-0.05, 0) is 56.5 Å². The third-order valence-electron chi connectivity index (χ3n) is 2.44. The second-order valence-corrected chi connectivity index (χ2v) is 3.95. The van der Waals surface area contributed by atoms with Gasteiger partial charge in [0, 0.05) is 0 Å². The molecule has 0 aliphatic rings. The average Bonchev–Trinajstić information content (AvgIpc) is 2.20. The first-order valence-electron chi connectivity index (χ1n) is 5.69. The summed E-state index contributed by atoms with van der Waals surface area (Å²) in [4.78, 5) is 0. The molecule has 2 heteroatoms. The summed E-state index contributed by atoms with van der Waals surface area (Å²) in [6.07, 6.45) is 2.97. The standard InChI is InChI=1S/C13H20FN/c1-3-8-15-9-4-5-12-7-6-11(2)10-13(12)14/h6-7,10,15H,3-5,8-9H2,1-2H3. The first-order valence-corrected chi connectivity index (χ1v) is 5.69. The van der Waals surface area contributed by atoms with Gasteiger partial charge in [0.15, 0.2) is 0 Å². The lowest BCUT2D eigenvalue weighted by atomic mass is 10.1. The van der Waals surface area contributed by atoms with Crippen LogP contribution in [0, 0.1) is 12.7 Å². The summed E-state index contributed by atoms with van der Waals surface area (Å²) in [5.41, 5.74) is 1.82. The molecule has 15 heavy (non-hydrogen) atoms. The van der Waals surface area contributed by atoms with E-state index >= 15 is 0 Å². The van der Waals surface area contributed by atoms with Gasteiger partial charge >= 0.3 is 0 Å². The Hall–Kier alpha value is -0.890. The van der Waals surface area contributed by atoms with Crippen molar-refractivity contribution >= 4 is 0 Å². The number of halogens is 1. The summed E-state index contributed by atoms with van der Waals surface area (Å²) in [6, 6.07) is 5.47. The molecule has 0 spiro atoms. The predicted octanol–water partition coefficient (Wildman–Crippen LogP) is 3.07. The Morgan fingerprint density at radius 3 is 2.73 bits per heavy atom. The fraction of sp³-hybridized carbons (Fsp3) is 0.538. The van der Waals surface area contributed by atoms with Gasteiger partial charge in [-0.25, -0.2) is 4.39 Å². The van der Waals surface area contributed by atoms with Crippen molar-refractivity contribution in [1.82, 2.24) is 5.32 Å². The first-order chi connectivity index (χ1) is 7.24. The summed E-state index contributed by atoms with van der Waals surface area (Å²) in [5, 5.41) is 3.31. The first kappa shape index (κ1) is 12.2. The fourth-order valence-electron chi connectivity index (χ4n) is 1.56. The van der Waals surface area contributed by atoms with Crippen molar-refractivity contribution in [2.45, 2.75) is 33.1 Å². The second kappa shape index (κ2) is 6.57. The molecule has 0 fully saturated rings. The Bertz CT molecular complexity index is 297. The molecule has 0 unspecified atom stereocenters. The van der Waals surface area contributed by atoms with E-state index in [2.05, 4.69) is 12.2 Å². The Morgan fingerprint density at radius 1 is 1.27 bits per heavy atom. The molecule has 0 amide bonds. The molecule has 84 valence electrons. The number of hydrogen-bond donors (Lipinski definition) is 1. The van der Waals surface area contributed by atoms with E-state index in [1.54, 1.807) is 6.07 Å². The zero-order valence-electron chi connectivity index (χ0n) is 9.65. The van der Waals surface area contributed by atoms with E-state index in [1.807, 2.05) is 19.1 Å². The van der Waals surface area contributed by atoms with Gasteiger partial charge < -0.3 is 5.32 Å². The lowest BCUT2D eigenvalue weighted by Gasteiger charge is -2.05. The maximum Gasteiger partial charge on any atom is 0.126 e. The summed E-state index contributed by atoms with van der Waals surface area (Å²) in [7, 11) is 0. The molecule has 0 saturated heterocycles. The Labute approximate surface area is 91.7 Å². The predicted molar refractivity (Wildman–Crippen MR) is 62.6 cm³/mol. The normalized spacial score (nSPS) is 10.6. The van der Waals surface area contributed by atoms with Crippen LogP contribution in [-0.4, -0.2) is 13.1 Å². The van der Waals surface area contributed by atoms with Crippen molar-refractivity contribution in [3.63, 3.8) is 0 Å². The fourth-order valence-corrected chi connectivity index (χ4v) is 1.56. The number of rotatable bonds is 6. The number of nitrogens with one attached hydrogen (secondary N) is 1. The van der Waals surface area contributed by atoms with Crippen LogP contribution in [0.5, 0.6) is 0 Å².